The molecule has 2 aromatic carbocycles. The molecule has 0 spiro atoms. The van der Waals surface area contributed by atoms with E-state index in [-0.39, 0.29) is 17.3 Å². The molecule has 1 saturated heterocycles. The van der Waals surface area contributed by atoms with E-state index in [2.05, 4.69) is 5.32 Å². The van der Waals surface area contributed by atoms with Crippen LogP contribution < -0.4 is 19.1 Å². The zero-order valence-corrected chi connectivity index (χ0v) is 15.9. The van der Waals surface area contributed by atoms with Crippen molar-refractivity contribution < 1.29 is 27.5 Å². The number of hydrogen-bond acceptors (Lipinski definition) is 6. The largest absolute Gasteiger partial charge is 0.486 e. The van der Waals surface area contributed by atoms with Gasteiger partial charge in [0.15, 0.2) is 11.5 Å². The summed E-state index contributed by atoms with van der Waals surface area (Å²) in [5, 5.41) is 2.76. The normalized spacial score (nSPS) is 20.1. The van der Waals surface area contributed by atoms with Gasteiger partial charge in [0.05, 0.1) is 17.4 Å². The number of rotatable bonds is 3. The minimum absolute atomic E-state index is 0.210. The number of sulfonamides is 1. The molecule has 0 aliphatic carbocycles. The quantitative estimate of drug-likeness (QED) is 0.843. The predicted octanol–water partition coefficient (Wildman–Crippen LogP) is 2.02. The number of anilines is 2. The van der Waals surface area contributed by atoms with Crippen molar-refractivity contribution in [2.75, 3.05) is 28.6 Å². The van der Waals surface area contributed by atoms with Crippen LogP contribution in [-0.4, -0.2) is 39.2 Å². The Morgan fingerprint density at radius 3 is 2.39 bits per heavy atom. The lowest BCUT2D eigenvalue weighted by molar-refractivity contribution is -0.119. The Bertz CT molecular complexity index is 1050. The number of carbonyl (C=O) groups is 2. The third kappa shape index (κ3) is 3.29. The SMILES string of the molecule is CC1CS(=O)(=O)N(c2ccc(C(=O)Nc3ccc4c(c3)OCCO4)cc2)C1=O. The van der Waals surface area contributed by atoms with Crippen molar-refractivity contribution in [1.82, 2.24) is 0 Å². The number of fused-ring (bicyclic) bond motifs is 1. The maximum absolute atomic E-state index is 12.5. The number of benzene rings is 2. The molecule has 28 heavy (non-hydrogen) atoms. The number of nitrogens with one attached hydrogen (secondary N) is 1. The van der Waals surface area contributed by atoms with Gasteiger partial charge in [-0.1, -0.05) is 6.92 Å². The van der Waals surface area contributed by atoms with E-state index in [0.717, 1.165) is 4.31 Å². The summed E-state index contributed by atoms with van der Waals surface area (Å²) < 4.78 is 36.1. The topological polar surface area (TPSA) is 102 Å². The molecular weight excluding hydrogens is 384 g/mol. The van der Waals surface area contributed by atoms with Gasteiger partial charge in [-0.15, -0.1) is 0 Å². The van der Waals surface area contributed by atoms with Gasteiger partial charge in [-0.2, -0.15) is 0 Å². The van der Waals surface area contributed by atoms with Crippen molar-refractivity contribution >= 4 is 33.2 Å². The predicted molar refractivity (Wildman–Crippen MR) is 102 cm³/mol. The van der Waals surface area contributed by atoms with Crippen molar-refractivity contribution in [3.8, 4) is 11.5 Å². The zero-order valence-electron chi connectivity index (χ0n) is 15.0. The Morgan fingerprint density at radius 2 is 1.75 bits per heavy atom. The van der Waals surface area contributed by atoms with E-state index in [0.29, 0.717) is 36.0 Å². The Kier molecular flexibility index (Phi) is 4.46. The van der Waals surface area contributed by atoms with E-state index in [4.69, 9.17) is 9.47 Å². The van der Waals surface area contributed by atoms with Crippen molar-refractivity contribution in [2.24, 2.45) is 5.92 Å². The number of hydrogen-bond donors (Lipinski definition) is 1. The second kappa shape index (κ2) is 6.83. The molecule has 146 valence electrons. The fraction of sp³-hybridized carbons (Fsp3) is 0.263. The van der Waals surface area contributed by atoms with Gasteiger partial charge in [0.25, 0.3) is 5.91 Å². The molecule has 1 unspecified atom stereocenters. The number of nitrogens with zero attached hydrogens (tertiary/aromatic N) is 1. The van der Waals surface area contributed by atoms with Crippen LogP contribution >= 0.6 is 0 Å². The van der Waals surface area contributed by atoms with Crippen LogP contribution in [0.5, 0.6) is 11.5 Å². The highest BCUT2D eigenvalue weighted by molar-refractivity contribution is 7.94. The lowest BCUT2D eigenvalue weighted by atomic mass is 10.1. The van der Waals surface area contributed by atoms with E-state index in [1.165, 1.54) is 24.3 Å². The molecule has 0 radical (unpaired) electrons. The lowest BCUT2D eigenvalue weighted by Gasteiger charge is -2.19. The van der Waals surface area contributed by atoms with E-state index in [1.54, 1.807) is 25.1 Å². The molecule has 1 fully saturated rings. The molecule has 9 heteroatoms. The summed E-state index contributed by atoms with van der Waals surface area (Å²) in [6.45, 7) is 2.51. The average Bonchev–Trinajstić information content (AvgIpc) is 2.88. The summed E-state index contributed by atoms with van der Waals surface area (Å²) in [6.07, 6.45) is 0. The zero-order chi connectivity index (χ0) is 19.9. The van der Waals surface area contributed by atoms with Crippen molar-refractivity contribution in [1.29, 1.82) is 0 Å². The number of carbonyl (C=O) groups excluding carboxylic acids is 2. The molecule has 4 rings (SSSR count). The minimum Gasteiger partial charge on any atom is -0.486 e. The molecule has 1 N–H and O–H groups in total. The molecular formula is C19H18N2O6S. The highest BCUT2D eigenvalue weighted by Gasteiger charge is 2.41. The van der Waals surface area contributed by atoms with E-state index in [9.17, 15) is 18.0 Å². The Morgan fingerprint density at radius 1 is 1.07 bits per heavy atom. The van der Waals surface area contributed by atoms with Gasteiger partial charge in [0.2, 0.25) is 15.9 Å². The Labute approximate surface area is 162 Å². The smallest absolute Gasteiger partial charge is 0.255 e. The van der Waals surface area contributed by atoms with Crippen molar-refractivity contribution in [3.63, 3.8) is 0 Å². The highest BCUT2D eigenvalue weighted by atomic mass is 32.2. The first-order chi connectivity index (χ1) is 13.3. The summed E-state index contributed by atoms with van der Waals surface area (Å²) >= 11 is 0. The molecule has 1 atom stereocenters. The second-order valence-corrected chi connectivity index (χ2v) is 8.50. The summed E-state index contributed by atoms with van der Waals surface area (Å²) in [4.78, 5) is 24.6. The lowest BCUT2D eigenvalue weighted by Crippen LogP contribution is -2.30. The van der Waals surface area contributed by atoms with Gasteiger partial charge < -0.3 is 14.8 Å². The fourth-order valence-electron chi connectivity index (χ4n) is 3.16. The van der Waals surface area contributed by atoms with Gasteiger partial charge in [0, 0.05) is 17.3 Å². The third-order valence-corrected chi connectivity index (χ3v) is 6.39. The molecule has 0 aromatic heterocycles. The van der Waals surface area contributed by atoms with Crippen LogP contribution in [0.15, 0.2) is 42.5 Å². The fourth-order valence-corrected chi connectivity index (χ4v) is 4.98. The summed E-state index contributed by atoms with van der Waals surface area (Å²) in [5.74, 6) is -0.437. The maximum atomic E-state index is 12.5. The second-order valence-electron chi connectivity index (χ2n) is 6.64. The van der Waals surface area contributed by atoms with Gasteiger partial charge in [0.1, 0.15) is 13.2 Å². The molecule has 8 nitrogen and oxygen atoms in total. The van der Waals surface area contributed by atoms with Crippen molar-refractivity contribution in [2.45, 2.75) is 6.92 Å². The maximum Gasteiger partial charge on any atom is 0.255 e. The first-order valence-electron chi connectivity index (χ1n) is 8.73. The molecule has 2 aliphatic rings. The molecule has 0 saturated carbocycles. The third-order valence-electron chi connectivity index (χ3n) is 4.52. The van der Waals surface area contributed by atoms with Crippen LogP contribution in [0.3, 0.4) is 0 Å². The highest BCUT2D eigenvalue weighted by Crippen LogP contribution is 2.33. The molecule has 2 heterocycles. The summed E-state index contributed by atoms with van der Waals surface area (Å²) in [5.41, 5.74) is 1.10. The van der Waals surface area contributed by atoms with E-state index in [1.807, 2.05) is 0 Å². The van der Waals surface area contributed by atoms with E-state index < -0.39 is 21.8 Å². The van der Waals surface area contributed by atoms with Gasteiger partial charge >= 0.3 is 0 Å². The monoisotopic (exact) mass is 402 g/mol. The van der Waals surface area contributed by atoms with Crippen LogP contribution in [0, 0.1) is 5.92 Å². The van der Waals surface area contributed by atoms with Crippen LogP contribution in [0.4, 0.5) is 11.4 Å². The van der Waals surface area contributed by atoms with Crippen LogP contribution in [0.1, 0.15) is 17.3 Å². The summed E-state index contributed by atoms with van der Waals surface area (Å²) in [7, 11) is -3.67. The molecule has 2 aromatic rings. The van der Waals surface area contributed by atoms with Crippen LogP contribution in [-0.2, 0) is 14.8 Å². The molecule has 0 bridgehead atoms. The number of amides is 2. The average molecular weight is 402 g/mol. The standard InChI is InChI=1S/C19H18N2O6S/c1-12-11-28(24,25)21(19(12)23)15-5-2-13(3-6-15)18(22)20-14-4-7-16-17(10-14)27-9-8-26-16/h2-7,10,12H,8-9,11H2,1H3,(H,20,22). The Hall–Kier alpha value is -3.07. The molecule has 2 amide bonds. The first-order valence-corrected chi connectivity index (χ1v) is 10.3. The van der Waals surface area contributed by atoms with Gasteiger partial charge in [-0.25, -0.2) is 12.7 Å². The Balaban J connectivity index is 1.51. The minimum atomic E-state index is -3.67. The van der Waals surface area contributed by atoms with Crippen molar-refractivity contribution in [3.05, 3.63) is 48.0 Å². The van der Waals surface area contributed by atoms with E-state index >= 15 is 0 Å². The van der Waals surface area contributed by atoms with Crippen LogP contribution in [0.2, 0.25) is 0 Å². The van der Waals surface area contributed by atoms with Gasteiger partial charge in [-0.3, -0.25) is 9.59 Å². The summed E-state index contributed by atoms with van der Waals surface area (Å²) in [6, 6.07) is 11.0. The number of ether oxygens (including phenoxy) is 2. The van der Waals surface area contributed by atoms with Gasteiger partial charge in [-0.05, 0) is 36.4 Å². The first kappa shape index (κ1) is 18.3. The van der Waals surface area contributed by atoms with Crippen LogP contribution in [0.25, 0.3) is 0 Å². The molecule has 2 aliphatic heterocycles.